The molecule has 1 aliphatic rings. The maximum Gasteiger partial charge on any atom is 0.254 e. The summed E-state index contributed by atoms with van der Waals surface area (Å²) in [5.41, 5.74) is 2.04. The summed E-state index contributed by atoms with van der Waals surface area (Å²) in [4.78, 5) is 19.3. The number of carbonyl (C=O) groups excluding carboxylic acids is 1. The third-order valence-corrected chi connectivity index (χ3v) is 4.70. The number of aryl methyl sites for hydroxylation is 1. The van der Waals surface area contributed by atoms with E-state index in [0.29, 0.717) is 12.5 Å². The lowest BCUT2D eigenvalue weighted by Crippen LogP contribution is -2.32. The Morgan fingerprint density at radius 2 is 2.19 bits per heavy atom. The molecule has 7 heteroatoms. The highest BCUT2D eigenvalue weighted by molar-refractivity contribution is 5.94. The van der Waals surface area contributed by atoms with Gasteiger partial charge in [0.15, 0.2) is 0 Å². The molecule has 1 N–H and O–H groups in total. The van der Waals surface area contributed by atoms with E-state index < -0.39 is 0 Å². The number of amides is 1. The molecule has 0 aliphatic carbocycles. The largest absolute Gasteiger partial charge is 0.337 e. The first-order valence-electron chi connectivity index (χ1n) is 8.75. The highest BCUT2D eigenvalue weighted by Crippen LogP contribution is 2.23. The van der Waals surface area contributed by atoms with Gasteiger partial charge in [0.2, 0.25) is 0 Å². The van der Waals surface area contributed by atoms with Crippen LogP contribution < -0.4 is 5.32 Å². The number of hydrogen-bond acceptors (Lipinski definition) is 3. The number of carbonyl (C=O) groups is 1. The van der Waals surface area contributed by atoms with Gasteiger partial charge in [0.1, 0.15) is 5.82 Å². The Hall–Kier alpha value is -1.56. The van der Waals surface area contributed by atoms with E-state index in [9.17, 15) is 4.79 Å². The van der Waals surface area contributed by atoms with Crippen LogP contribution in [-0.4, -0.2) is 40.0 Å². The van der Waals surface area contributed by atoms with E-state index in [1.807, 2.05) is 34.8 Å². The summed E-state index contributed by atoms with van der Waals surface area (Å²) >= 11 is 0. The van der Waals surface area contributed by atoms with Crippen LogP contribution in [0.2, 0.25) is 0 Å². The molecule has 1 fully saturated rings. The average molecular weight is 399 g/mol. The van der Waals surface area contributed by atoms with Crippen LogP contribution in [0.1, 0.15) is 47.4 Å². The van der Waals surface area contributed by atoms with E-state index in [4.69, 9.17) is 0 Å². The molecule has 2 aromatic rings. The molecule has 1 aromatic heterocycles. The maximum absolute atomic E-state index is 13.0. The van der Waals surface area contributed by atoms with Crippen molar-refractivity contribution in [2.75, 3.05) is 19.6 Å². The summed E-state index contributed by atoms with van der Waals surface area (Å²) in [7, 11) is 1.96. The minimum atomic E-state index is 0. The molecule has 2 heterocycles. The van der Waals surface area contributed by atoms with Gasteiger partial charge in [-0.2, -0.15) is 0 Å². The lowest BCUT2D eigenvalue weighted by atomic mass is 9.96. The molecular formula is C19H28Cl2N4O. The van der Waals surface area contributed by atoms with Gasteiger partial charge < -0.3 is 14.8 Å². The van der Waals surface area contributed by atoms with Crippen molar-refractivity contribution in [3.63, 3.8) is 0 Å². The maximum atomic E-state index is 13.0. The number of halogens is 2. The molecule has 0 saturated carbocycles. The third-order valence-electron chi connectivity index (χ3n) is 4.70. The second-order valence-electron chi connectivity index (χ2n) is 6.50. The highest BCUT2D eigenvalue weighted by atomic mass is 35.5. The van der Waals surface area contributed by atoms with Crippen molar-refractivity contribution in [1.29, 1.82) is 0 Å². The third kappa shape index (κ3) is 5.22. The monoisotopic (exact) mass is 398 g/mol. The molecule has 1 amide bonds. The molecule has 144 valence electrons. The van der Waals surface area contributed by atoms with Crippen molar-refractivity contribution in [3.8, 4) is 0 Å². The second kappa shape index (κ2) is 10.6. The van der Waals surface area contributed by atoms with Crippen molar-refractivity contribution in [2.24, 2.45) is 7.05 Å². The van der Waals surface area contributed by atoms with Gasteiger partial charge in [0.25, 0.3) is 5.91 Å². The number of rotatable bonds is 6. The van der Waals surface area contributed by atoms with Crippen molar-refractivity contribution in [1.82, 2.24) is 19.8 Å². The van der Waals surface area contributed by atoms with E-state index in [1.165, 1.54) is 5.56 Å². The molecule has 0 spiro atoms. The van der Waals surface area contributed by atoms with Crippen LogP contribution in [0, 0.1) is 0 Å². The highest BCUT2D eigenvalue weighted by Gasteiger charge is 2.20. The van der Waals surface area contributed by atoms with Crippen LogP contribution in [0.3, 0.4) is 0 Å². The van der Waals surface area contributed by atoms with E-state index in [1.54, 1.807) is 6.20 Å². The molecule has 1 unspecified atom stereocenters. The van der Waals surface area contributed by atoms with Gasteiger partial charge in [-0.25, -0.2) is 4.98 Å². The van der Waals surface area contributed by atoms with Crippen molar-refractivity contribution in [2.45, 2.75) is 32.2 Å². The zero-order valence-electron chi connectivity index (χ0n) is 15.4. The zero-order chi connectivity index (χ0) is 16.9. The second-order valence-corrected chi connectivity index (χ2v) is 6.50. The Kier molecular flexibility index (Phi) is 9.13. The van der Waals surface area contributed by atoms with Gasteiger partial charge in [-0.15, -0.1) is 24.8 Å². The molecule has 3 rings (SSSR count). The lowest BCUT2D eigenvalue weighted by Gasteiger charge is -2.22. The standard InChI is InChI=1S/C19H26N4O.2ClH/c1-3-10-23(14-18-21-9-11-22(18)2)19(24)16-6-4-5-15(12-16)17-7-8-20-13-17;;/h4-6,9,11-12,17,20H,3,7-8,10,13-14H2,1-2H3;2*1H. The topological polar surface area (TPSA) is 50.2 Å². The summed E-state index contributed by atoms with van der Waals surface area (Å²) in [6.45, 7) is 5.44. The number of imidazole rings is 1. The van der Waals surface area contributed by atoms with Gasteiger partial charge in [-0.1, -0.05) is 19.1 Å². The van der Waals surface area contributed by atoms with Crippen LogP contribution >= 0.6 is 24.8 Å². The molecular weight excluding hydrogens is 371 g/mol. The van der Waals surface area contributed by atoms with Crippen LogP contribution in [0.4, 0.5) is 0 Å². The van der Waals surface area contributed by atoms with Gasteiger partial charge in [-0.05, 0) is 43.0 Å². The average Bonchev–Trinajstić information content (AvgIpc) is 3.26. The number of hydrogen-bond donors (Lipinski definition) is 1. The van der Waals surface area contributed by atoms with E-state index in [2.05, 4.69) is 29.4 Å². The van der Waals surface area contributed by atoms with Crippen LogP contribution in [-0.2, 0) is 13.6 Å². The van der Waals surface area contributed by atoms with E-state index in [0.717, 1.165) is 43.9 Å². The Labute approximate surface area is 168 Å². The minimum Gasteiger partial charge on any atom is -0.337 e. The molecule has 1 aliphatic heterocycles. The first-order valence-corrected chi connectivity index (χ1v) is 8.75. The number of nitrogens with one attached hydrogen (secondary N) is 1. The smallest absolute Gasteiger partial charge is 0.254 e. The van der Waals surface area contributed by atoms with Crippen molar-refractivity contribution < 1.29 is 4.79 Å². The Bertz CT molecular complexity index is 698. The van der Waals surface area contributed by atoms with Crippen LogP contribution in [0.15, 0.2) is 36.7 Å². The molecule has 5 nitrogen and oxygen atoms in total. The number of nitrogens with zero attached hydrogens (tertiary/aromatic N) is 3. The van der Waals surface area contributed by atoms with Gasteiger partial charge in [0, 0.05) is 38.1 Å². The normalized spacial score (nSPS) is 15.8. The van der Waals surface area contributed by atoms with E-state index in [-0.39, 0.29) is 30.7 Å². The Morgan fingerprint density at radius 3 is 2.81 bits per heavy atom. The van der Waals surface area contributed by atoms with Crippen LogP contribution in [0.25, 0.3) is 0 Å². The predicted octanol–water partition coefficient (Wildman–Crippen LogP) is 3.39. The zero-order valence-corrected chi connectivity index (χ0v) is 17.0. The van der Waals surface area contributed by atoms with Gasteiger partial charge >= 0.3 is 0 Å². The van der Waals surface area contributed by atoms with E-state index >= 15 is 0 Å². The molecule has 0 bridgehead atoms. The summed E-state index contributed by atoms with van der Waals surface area (Å²) in [5, 5.41) is 3.39. The van der Waals surface area contributed by atoms with Crippen molar-refractivity contribution in [3.05, 3.63) is 53.6 Å². The summed E-state index contributed by atoms with van der Waals surface area (Å²) in [5.74, 6) is 1.52. The molecule has 0 radical (unpaired) electrons. The SMILES string of the molecule is CCCN(Cc1nccn1C)C(=O)c1cccc(C2CCNC2)c1.Cl.Cl. The Morgan fingerprint density at radius 1 is 1.38 bits per heavy atom. The van der Waals surface area contributed by atoms with Crippen molar-refractivity contribution >= 4 is 30.7 Å². The number of aromatic nitrogens is 2. The Balaban J connectivity index is 0.00000169. The molecule has 26 heavy (non-hydrogen) atoms. The lowest BCUT2D eigenvalue weighted by molar-refractivity contribution is 0.0737. The van der Waals surface area contributed by atoms with Gasteiger partial charge in [0.05, 0.1) is 6.54 Å². The molecule has 1 aromatic carbocycles. The fourth-order valence-electron chi connectivity index (χ4n) is 3.29. The molecule has 1 atom stereocenters. The first-order chi connectivity index (χ1) is 11.7. The quantitative estimate of drug-likeness (QED) is 0.810. The molecule has 1 saturated heterocycles. The van der Waals surface area contributed by atoms with Crippen LogP contribution in [0.5, 0.6) is 0 Å². The van der Waals surface area contributed by atoms with Gasteiger partial charge in [-0.3, -0.25) is 4.79 Å². The fourth-order valence-corrected chi connectivity index (χ4v) is 3.29. The fraction of sp³-hybridized carbons (Fsp3) is 0.474. The number of benzene rings is 1. The summed E-state index contributed by atoms with van der Waals surface area (Å²) in [6.07, 6.45) is 5.77. The predicted molar refractivity (Wildman–Crippen MR) is 109 cm³/mol. The minimum absolute atomic E-state index is 0. The summed E-state index contributed by atoms with van der Waals surface area (Å²) in [6, 6.07) is 8.14. The first kappa shape index (κ1) is 22.5. The summed E-state index contributed by atoms with van der Waals surface area (Å²) < 4.78 is 1.97.